The number of nitro benzene ring substituents is 1. The summed E-state index contributed by atoms with van der Waals surface area (Å²) in [6.45, 7) is 2.04. The Bertz CT molecular complexity index is 1360. The summed E-state index contributed by atoms with van der Waals surface area (Å²) in [6, 6.07) is 19.7. The molecule has 0 saturated carbocycles. The number of hydrogen-bond donors (Lipinski definition) is 1. The third kappa shape index (κ3) is 10.3. The van der Waals surface area contributed by atoms with E-state index in [0.717, 1.165) is 35.5 Å². The van der Waals surface area contributed by atoms with Crippen LogP contribution >= 0.6 is 20.7 Å². The molecular weight excluding hydrogens is 583 g/mol. The van der Waals surface area contributed by atoms with E-state index in [1.165, 1.54) is 18.2 Å². The molecule has 0 saturated heterocycles. The first-order chi connectivity index (χ1) is 20.2. The molecule has 228 valence electrons. The van der Waals surface area contributed by atoms with Crippen LogP contribution in [0.3, 0.4) is 0 Å². The third-order valence-corrected chi connectivity index (χ3v) is 7.89. The van der Waals surface area contributed by atoms with Crippen LogP contribution in [0.25, 0.3) is 0 Å². The highest BCUT2D eigenvalue weighted by molar-refractivity contribution is 7.80. The Morgan fingerprint density at radius 2 is 1.79 bits per heavy atom. The van der Waals surface area contributed by atoms with E-state index in [1.54, 1.807) is 14.0 Å². The lowest BCUT2D eigenvalue weighted by atomic mass is 10.0. The Morgan fingerprint density at radius 3 is 2.48 bits per heavy atom. The number of phosphoric acid groups is 1. The van der Waals surface area contributed by atoms with Crippen LogP contribution in [0.2, 0.25) is 0 Å². The maximum Gasteiger partial charge on any atom is 0.543 e. The summed E-state index contributed by atoms with van der Waals surface area (Å²) < 4.78 is 46.0. The molecule has 0 aromatic heterocycles. The van der Waals surface area contributed by atoms with Crippen molar-refractivity contribution in [3.8, 4) is 17.2 Å². The van der Waals surface area contributed by atoms with Crippen molar-refractivity contribution in [2.45, 2.75) is 32.3 Å². The minimum Gasteiger partial charge on any atom is -0.497 e. The van der Waals surface area contributed by atoms with Crippen LogP contribution in [0.1, 0.15) is 23.6 Å². The molecule has 0 N–H and O–H groups in total. The Morgan fingerprint density at radius 1 is 1.00 bits per heavy atom. The number of para-hydroxylation sites is 1. The summed E-state index contributed by atoms with van der Waals surface area (Å²) in [7, 11) is 1.22. The summed E-state index contributed by atoms with van der Waals surface area (Å²) >= 11 is 3.67. The van der Waals surface area contributed by atoms with E-state index in [2.05, 4.69) is 19.0 Å². The zero-order valence-electron chi connectivity index (χ0n) is 24.1. The molecule has 0 fully saturated rings. The molecule has 0 aliphatic heterocycles. The lowest BCUT2D eigenvalue weighted by molar-refractivity contribution is -0.384. The maximum atomic E-state index is 13.1. The Labute approximate surface area is 252 Å². The first-order valence-corrected chi connectivity index (χ1v) is 15.1. The fraction of sp³-hybridized carbons (Fsp3) is 0.379. The van der Waals surface area contributed by atoms with Crippen LogP contribution in [0.15, 0.2) is 66.7 Å². The molecule has 3 aromatic rings. The number of benzene rings is 3. The number of rotatable bonds is 18. The van der Waals surface area contributed by atoms with Crippen LogP contribution in [-0.2, 0) is 37.1 Å². The van der Waals surface area contributed by atoms with E-state index in [1.807, 2.05) is 61.5 Å². The molecule has 1 unspecified atom stereocenters. The predicted octanol–water partition coefficient (Wildman–Crippen LogP) is 6.30. The smallest absolute Gasteiger partial charge is 0.497 e. The molecule has 2 atom stereocenters. The number of likely N-dealkylation sites (N-methyl/N-ethyl adjacent to an activating group) is 1. The van der Waals surface area contributed by atoms with Crippen LogP contribution in [0, 0.1) is 10.1 Å². The number of aryl methyl sites for hydroxylation is 3. The van der Waals surface area contributed by atoms with Crippen molar-refractivity contribution in [1.82, 2.24) is 4.90 Å². The molecule has 0 amide bonds. The summed E-state index contributed by atoms with van der Waals surface area (Å²) in [5.41, 5.74) is 2.56. The van der Waals surface area contributed by atoms with E-state index < -0.39 is 25.6 Å². The van der Waals surface area contributed by atoms with Crippen LogP contribution in [0.4, 0.5) is 5.69 Å². The molecule has 0 heterocycles. The highest BCUT2D eigenvalue weighted by Gasteiger charge is 2.30. The molecule has 42 heavy (non-hydrogen) atoms. The second-order valence-corrected chi connectivity index (χ2v) is 11.6. The fourth-order valence-corrected chi connectivity index (χ4v) is 5.11. The number of phosphoric ester groups is 1. The van der Waals surface area contributed by atoms with Crippen molar-refractivity contribution in [3.63, 3.8) is 0 Å². The average molecular weight is 621 g/mol. The number of hydrogen-bond acceptors (Lipinski definition) is 11. The second-order valence-electron chi connectivity index (χ2n) is 9.59. The highest BCUT2D eigenvalue weighted by Crippen LogP contribution is 2.51. The molecule has 11 nitrogen and oxygen atoms in total. The topological polar surface area (TPSA) is 119 Å². The molecular formula is C29H37N2O9PS. The molecule has 13 heteroatoms. The highest BCUT2D eigenvalue weighted by atomic mass is 32.1. The van der Waals surface area contributed by atoms with Crippen molar-refractivity contribution in [3.05, 3.63) is 93.5 Å². The number of ether oxygens (including phenoxy) is 3. The maximum absolute atomic E-state index is 13.1. The van der Waals surface area contributed by atoms with Crippen molar-refractivity contribution in [1.29, 1.82) is 0 Å². The van der Waals surface area contributed by atoms with Gasteiger partial charge in [0.25, 0.3) is 5.69 Å². The Balaban J connectivity index is 1.60. The largest absolute Gasteiger partial charge is 0.543 e. The van der Waals surface area contributed by atoms with Crippen molar-refractivity contribution < 1.29 is 36.7 Å². The number of methoxy groups -OCH3 is 1. The minimum atomic E-state index is -4.21. The van der Waals surface area contributed by atoms with E-state index in [0.29, 0.717) is 18.5 Å². The van der Waals surface area contributed by atoms with Gasteiger partial charge in [-0.05, 0) is 81.7 Å². The zero-order valence-corrected chi connectivity index (χ0v) is 25.9. The van der Waals surface area contributed by atoms with E-state index in [9.17, 15) is 14.7 Å². The number of nitrogens with zero attached hydrogens (tertiary/aromatic N) is 2. The third-order valence-electron chi connectivity index (χ3n) is 6.24. The van der Waals surface area contributed by atoms with E-state index in [4.69, 9.17) is 27.2 Å². The Kier molecular flexibility index (Phi) is 13.1. The number of thiol groups is 1. The average Bonchev–Trinajstić information content (AvgIpc) is 2.99. The second kappa shape index (κ2) is 16.5. The molecule has 0 radical (unpaired) electrons. The van der Waals surface area contributed by atoms with Gasteiger partial charge in [-0.1, -0.05) is 37.3 Å². The zero-order chi connectivity index (χ0) is 30.5. The van der Waals surface area contributed by atoms with Crippen molar-refractivity contribution >= 4 is 26.4 Å². The lowest BCUT2D eigenvalue weighted by Crippen LogP contribution is -2.34. The van der Waals surface area contributed by atoms with Crippen molar-refractivity contribution in [2.24, 2.45) is 0 Å². The first-order valence-electron chi connectivity index (χ1n) is 13.3. The van der Waals surface area contributed by atoms with Gasteiger partial charge in [-0.25, -0.2) is 13.1 Å². The Hall–Kier alpha value is -3.12. The van der Waals surface area contributed by atoms with Gasteiger partial charge in [-0.3, -0.25) is 10.1 Å². The molecule has 0 aliphatic carbocycles. The van der Waals surface area contributed by atoms with E-state index in [-0.39, 0.29) is 18.0 Å². The predicted molar refractivity (Wildman–Crippen MR) is 162 cm³/mol. The molecule has 0 aliphatic rings. The van der Waals surface area contributed by atoms with Gasteiger partial charge in [-0.15, -0.1) is 0 Å². The normalized spacial score (nSPS) is 13.4. The molecule has 0 bridgehead atoms. The van der Waals surface area contributed by atoms with E-state index >= 15 is 0 Å². The summed E-state index contributed by atoms with van der Waals surface area (Å²) in [5.74, 6) is 1.69. The van der Waals surface area contributed by atoms with Gasteiger partial charge >= 0.3 is 7.82 Å². The van der Waals surface area contributed by atoms with Gasteiger partial charge in [-0.2, -0.15) is 0 Å². The minimum absolute atomic E-state index is 0.113. The quantitative estimate of drug-likeness (QED) is 0.0433. The van der Waals surface area contributed by atoms with Crippen LogP contribution < -0.4 is 14.0 Å². The molecule has 0 spiro atoms. The fourth-order valence-electron chi connectivity index (χ4n) is 4.12. The van der Waals surface area contributed by atoms with Gasteiger partial charge < -0.3 is 23.6 Å². The number of non-ortho nitro benzene ring substituents is 1. The SMILES string of the molecule is CCc1cc([N+](=O)[O-])ccc1OP(=O)(OS)OCO[C@@H](COc1ccccc1CCc1cccc(OC)c1)CN(C)C. The first kappa shape index (κ1) is 33.4. The van der Waals surface area contributed by atoms with Gasteiger partial charge in [0.05, 0.1) is 12.0 Å². The van der Waals surface area contributed by atoms with Gasteiger partial charge in [0, 0.05) is 24.2 Å². The summed E-state index contributed by atoms with van der Waals surface area (Å²) in [5, 5.41) is 11.1. The summed E-state index contributed by atoms with van der Waals surface area (Å²) in [4.78, 5) is 12.5. The van der Waals surface area contributed by atoms with Gasteiger partial charge in [0.2, 0.25) is 0 Å². The number of nitro groups is 1. The summed E-state index contributed by atoms with van der Waals surface area (Å²) in [6.07, 6.45) is 1.53. The standard InChI is InChI=1S/C29H37N2O9PS/c1-5-23-18-25(31(32)33)15-16-29(23)39-41(34,40-42)38-21-37-27(19-30(2)3)20-36-28-12-7-6-10-24(28)14-13-22-9-8-11-26(17-22)35-4/h6-12,15-18,27,42H,5,13-14,19-21H2,1-4H3/t27-,41?/m1/s1. The lowest BCUT2D eigenvalue weighted by Gasteiger charge is -2.23. The van der Waals surface area contributed by atoms with Gasteiger partial charge in [0.15, 0.2) is 6.79 Å². The monoisotopic (exact) mass is 620 g/mol. The van der Waals surface area contributed by atoms with Gasteiger partial charge in [0.1, 0.15) is 30.0 Å². The van der Waals surface area contributed by atoms with Crippen molar-refractivity contribution in [2.75, 3.05) is 41.1 Å². The van der Waals surface area contributed by atoms with Crippen LogP contribution in [0.5, 0.6) is 17.2 Å². The van der Waals surface area contributed by atoms with Crippen LogP contribution in [-0.4, -0.2) is 57.1 Å². The molecule has 3 rings (SSSR count). The molecule has 3 aromatic carbocycles.